The zero-order valence-electron chi connectivity index (χ0n) is 8.21. The monoisotopic (exact) mass is 175 g/mol. The Morgan fingerprint density at radius 3 is 2.58 bits per heavy atom. The van der Waals surface area contributed by atoms with Crippen LogP contribution in [0.4, 0.5) is 0 Å². The van der Waals surface area contributed by atoms with Crippen LogP contribution < -0.4 is 5.73 Å². The SMILES string of the molecule is CCC(N)CCOCCCOC. The van der Waals surface area contributed by atoms with E-state index in [1.807, 2.05) is 0 Å². The van der Waals surface area contributed by atoms with Gasteiger partial charge in [0.2, 0.25) is 0 Å². The fraction of sp³-hybridized carbons (Fsp3) is 1.00. The molecule has 12 heavy (non-hydrogen) atoms. The summed E-state index contributed by atoms with van der Waals surface area (Å²) in [5.41, 5.74) is 5.71. The van der Waals surface area contributed by atoms with E-state index in [0.29, 0.717) is 6.04 Å². The number of ether oxygens (including phenoxy) is 2. The third-order valence-electron chi connectivity index (χ3n) is 1.79. The molecule has 3 nitrogen and oxygen atoms in total. The highest BCUT2D eigenvalue weighted by molar-refractivity contribution is 4.56. The van der Waals surface area contributed by atoms with Crippen LogP contribution in [0.15, 0.2) is 0 Å². The molecular formula is C9H21NO2. The van der Waals surface area contributed by atoms with Crippen molar-refractivity contribution in [2.75, 3.05) is 26.9 Å². The lowest BCUT2D eigenvalue weighted by molar-refractivity contribution is 0.0982. The topological polar surface area (TPSA) is 44.5 Å². The van der Waals surface area contributed by atoms with E-state index in [9.17, 15) is 0 Å². The van der Waals surface area contributed by atoms with Crippen LogP contribution in [0.3, 0.4) is 0 Å². The summed E-state index contributed by atoms with van der Waals surface area (Å²) in [5.74, 6) is 0. The van der Waals surface area contributed by atoms with Crippen molar-refractivity contribution >= 4 is 0 Å². The smallest absolute Gasteiger partial charge is 0.0487 e. The van der Waals surface area contributed by atoms with Gasteiger partial charge in [-0.05, 0) is 19.3 Å². The molecule has 2 N–H and O–H groups in total. The van der Waals surface area contributed by atoms with Gasteiger partial charge in [0.25, 0.3) is 0 Å². The number of hydrogen-bond acceptors (Lipinski definition) is 3. The third kappa shape index (κ3) is 7.98. The van der Waals surface area contributed by atoms with Crippen molar-refractivity contribution in [3.8, 4) is 0 Å². The molecule has 0 fully saturated rings. The highest BCUT2D eigenvalue weighted by atomic mass is 16.5. The molecule has 0 radical (unpaired) electrons. The average Bonchev–Trinajstić information content (AvgIpc) is 2.10. The second-order valence-corrected chi connectivity index (χ2v) is 2.92. The Balaban J connectivity index is 2.90. The minimum Gasteiger partial charge on any atom is -0.385 e. The van der Waals surface area contributed by atoms with E-state index in [0.717, 1.165) is 39.1 Å². The maximum atomic E-state index is 5.71. The van der Waals surface area contributed by atoms with Crippen LogP contribution in [0.2, 0.25) is 0 Å². The van der Waals surface area contributed by atoms with Crippen molar-refractivity contribution in [2.24, 2.45) is 5.73 Å². The molecule has 1 unspecified atom stereocenters. The van der Waals surface area contributed by atoms with Crippen LogP contribution in [0, 0.1) is 0 Å². The van der Waals surface area contributed by atoms with Crippen LogP contribution in [0.1, 0.15) is 26.2 Å². The molecule has 74 valence electrons. The summed E-state index contributed by atoms with van der Waals surface area (Å²) < 4.78 is 10.2. The highest BCUT2D eigenvalue weighted by Crippen LogP contribution is 1.94. The second kappa shape index (κ2) is 8.97. The molecule has 0 aliphatic carbocycles. The van der Waals surface area contributed by atoms with Crippen LogP contribution in [-0.4, -0.2) is 33.0 Å². The molecule has 3 heteroatoms. The third-order valence-corrected chi connectivity index (χ3v) is 1.79. The maximum absolute atomic E-state index is 5.71. The summed E-state index contributed by atoms with van der Waals surface area (Å²) in [6, 6.07) is 0.299. The minimum absolute atomic E-state index is 0.299. The van der Waals surface area contributed by atoms with Gasteiger partial charge in [0.05, 0.1) is 0 Å². The van der Waals surface area contributed by atoms with Gasteiger partial charge in [-0.25, -0.2) is 0 Å². The number of hydrogen-bond donors (Lipinski definition) is 1. The average molecular weight is 175 g/mol. The fourth-order valence-electron chi connectivity index (χ4n) is 0.846. The summed E-state index contributed by atoms with van der Waals surface area (Å²) in [7, 11) is 1.70. The van der Waals surface area contributed by atoms with E-state index >= 15 is 0 Å². The number of nitrogens with two attached hydrogens (primary N) is 1. The Morgan fingerprint density at radius 1 is 1.25 bits per heavy atom. The Kier molecular flexibility index (Phi) is 8.88. The van der Waals surface area contributed by atoms with Gasteiger partial charge in [-0.2, -0.15) is 0 Å². The predicted octanol–water partition coefficient (Wildman–Crippen LogP) is 1.17. The highest BCUT2D eigenvalue weighted by Gasteiger charge is 1.97. The van der Waals surface area contributed by atoms with E-state index in [1.54, 1.807) is 7.11 Å². The molecule has 1 atom stereocenters. The van der Waals surface area contributed by atoms with Gasteiger partial charge in [0, 0.05) is 33.0 Å². The van der Waals surface area contributed by atoms with Gasteiger partial charge in [-0.15, -0.1) is 0 Å². The summed E-state index contributed by atoms with van der Waals surface area (Å²) in [6.45, 7) is 4.43. The van der Waals surface area contributed by atoms with E-state index in [2.05, 4.69) is 6.92 Å². The van der Waals surface area contributed by atoms with Crippen LogP contribution >= 0.6 is 0 Å². The van der Waals surface area contributed by atoms with E-state index < -0.39 is 0 Å². The first-order valence-electron chi connectivity index (χ1n) is 4.63. The summed E-state index contributed by atoms with van der Waals surface area (Å²) in [4.78, 5) is 0. The molecule has 0 aliphatic rings. The normalized spacial score (nSPS) is 13.2. The van der Waals surface area contributed by atoms with Crippen molar-refractivity contribution in [1.29, 1.82) is 0 Å². The first kappa shape index (κ1) is 11.9. The molecule has 0 saturated heterocycles. The first-order chi connectivity index (χ1) is 5.81. The van der Waals surface area contributed by atoms with Gasteiger partial charge < -0.3 is 15.2 Å². The van der Waals surface area contributed by atoms with Gasteiger partial charge >= 0.3 is 0 Å². The van der Waals surface area contributed by atoms with Crippen molar-refractivity contribution in [3.63, 3.8) is 0 Å². The van der Waals surface area contributed by atoms with Crippen LogP contribution in [0.5, 0.6) is 0 Å². The molecule has 0 aliphatic heterocycles. The standard InChI is InChI=1S/C9H21NO2/c1-3-9(10)5-8-12-7-4-6-11-2/h9H,3-8,10H2,1-2H3. The number of rotatable bonds is 8. The van der Waals surface area contributed by atoms with Crippen molar-refractivity contribution < 1.29 is 9.47 Å². The molecule has 0 bridgehead atoms. The quantitative estimate of drug-likeness (QED) is 0.563. The molecule has 0 aromatic carbocycles. The molecule has 0 amide bonds. The Hall–Kier alpha value is -0.120. The Morgan fingerprint density at radius 2 is 2.00 bits per heavy atom. The summed E-state index contributed by atoms with van der Waals surface area (Å²) in [5, 5.41) is 0. The molecule has 0 aromatic rings. The molecule has 0 aromatic heterocycles. The number of methoxy groups -OCH3 is 1. The van der Waals surface area contributed by atoms with Crippen molar-refractivity contribution in [2.45, 2.75) is 32.2 Å². The Labute approximate surface area is 75.2 Å². The molecule has 0 spiro atoms. The Bertz CT molecular complexity index is 88.6. The zero-order chi connectivity index (χ0) is 9.23. The molecular weight excluding hydrogens is 154 g/mol. The summed E-state index contributed by atoms with van der Waals surface area (Å²) in [6.07, 6.45) is 2.96. The minimum atomic E-state index is 0.299. The van der Waals surface area contributed by atoms with Crippen molar-refractivity contribution in [1.82, 2.24) is 0 Å². The van der Waals surface area contributed by atoms with E-state index in [1.165, 1.54) is 0 Å². The summed E-state index contributed by atoms with van der Waals surface area (Å²) >= 11 is 0. The second-order valence-electron chi connectivity index (χ2n) is 2.92. The maximum Gasteiger partial charge on any atom is 0.0487 e. The lowest BCUT2D eigenvalue weighted by atomic mass is 10.2. The lowest BCUT2D eigenvalue weighted by Crippen LogP contribution is -2.20. The molecule has 0 saturated carbocycles. The van der Waals surface area contributed by atoms with Gasteiger partial charge in [-0.1, -0.05) is 6.92 Å². The van der Waals surface area contributed by atoms with Gasteiger partial charge in [0.1, 0.15) is 0 Å². The van der Waals surface area contributed by atoms with E-state index in [4.69, 9.17) is 15.2 Å². The first-order valence-corrected chi connectivity index (χ1v) is 4.63. The largest absolute Gasteiger partial charge is 0.385 e. The lowest BCUT2D eigenvalue weighted by Gasteiger charge is -2.08. The predicted molar refractivity (Wildman–Crippen MR) is 50.2 cm³/mol. The van der Waals surface area contributed by atoms with E-state index in [-0.39, 0.29) is 0 Å². The zero-order valence-corrected chi connectivity index (χ0v) is 8.21. The fourth-order valence-corrected chi connectivity index (χ4v) is 0.846. The van der Waals surface area contributed by atoms with Crippen molar-refractivity contribution in [3.05, 3.63) is 0 Å². The van der Waals surface area contributed by atoms with Gasteiger partial charge in [-0.3, -0.25) is 0 Å². The van der Waals surface area contributed by atoms with Crippen LogP contribution in [-0.2, 0) is 9.47 Å². The molecule has 0 rings (SSSR count). The van der Waals surface area contributed by atoms with Gasteiger partial charge in [0.15, 0.2) is 0 Å². The van der Waals surface area contributed by atoms with Crippen LogP contribution in [0.25, 0.3) is 0 Å². The molecule has 0 heterocycles.